The SMILES string of the molecule is Cc1ccccc1NC(=O)c1cc(NCc2ccccn2)ncn1. The molecule has 1 aromatic carbocycles. The van der Waals surface area contributed by atoms with Crippen molar-refractivity contribution in [3.63, 3.8) is 0 Å². The van der Waals surface area contributed by atoms with Gasteiger partial charge in [0.05, 0.1) is 12.2 Å². The van der Waals surface area contributed by atoms with Crippen LogP contribution in [-0.4, -0.2) is 20.9 Å². The number of aryl methyl sites for hydroxylation is 1. The van der Waals surface area contributed by atoms with Crippen LogP contribution in [0.4, 0.5) is 11.5 Å². The first-order valence-electron chi connectivity index (χ1n) is 7.55. The summed E-state index contributed by atoms with van der Waals surface area (Å²) in [4.78, 5) is 24.8. The number of anilines is 2. The number of carbonyl (C=O) groups is 1. The van der Waals surface area contributed by atoms with Gasteiger partial charge >= 0.3 is 0 Å². The molecule has 0 saturated heterocycles. The van der Waals surface area contributed by atoms with Crippen LogP contribution in [0.25, 0.3) is 0 Å². The summed E-state index contributed by atoms with van der Waals surface area (Å²) < 4.78 is 0. The fourth-order valence-corrected chi connectivity index (χ4v) is 2.16. The summed E-state index contributed by atoms with van der Waals surface area (Å²) >= 11 is 0. The van der Waals surface area contributed by atoms with Gasteiger partial charge in [0, 0.05) is 18.0 Å². The second kappa shape index (κ2) is 7.32. The highest BCUT2D eigenvalue weighted by Gasteiger charge is 2.10. The Morgan fingerprint density at radius 2 is 1.88 bits per heavy atom. The van der Waals surface area contributed by atoms with Gasteiger partial charge in [0.1, 0.15) is 17.8 Å². The largest absolute Gasteiger partial charge is 0.364 e. The molecule has 0 spiro atoms. The quantitative estimate of drug-likeness (QED) is 0.755. The van der Waals surface area contributed by atoms with Crippen molar-refractivity contribution >= 4 is 17.4 Å². The third kappa shape index (κ3) is 3.92. The van der Waals surface area contributed by atoms with Gasteiger partial charge in [0.15, 0.2) is 0 Å². The van der Waals surface area contributed by atoms with Crippen molar-refractivity contribution in [2.75, 3.05) is 10.6 Å². The summed E-state index contributed by atoms with van der Waals surface area (Å²) in [6.45, 7) is 2.46. The average Bonchev–Trinajstić information content (AvgIpc) is 2.63. The molecule has 0 radical (unpaired) electrons. The minimum absolute atomic E-state index is 0.271. The van der Waals surface area contributed by atoms with Crippen molar-refractivity contribution in [2.24, 2.45) is 0 Å². The summed E-state index contributed by atoms with van der Waals surface area (Å²) in [6.07, 6.45) is 3.10. The van der Waals surface area contributed by atoms with E-state index >= 15 is 0 Å². The van der Waals surface area contributed by atoms with E-state index in [0.29, 0.717) is 18.1 Å². The third-order valence-corrected chi connectivity index (χ3v) is 3.47. The van der Waals surface area contributed by atoms with Gasteiger partial charge in [0.2, 0.25) is 0 Å². The predicted molar refractivity (Wildman–Crippen MR) is 92.7 cm³/mol. The molecule has 0 aliphatic carbocycles. The number of benzene rings is 1. The lowest BCUT2D eigenvalue weighted by molar-refractivity contribution is 0.102. The highest BCUT2D eigenvalue weighted by molar-refractivity contribution is 6.03. The van der Waals surface area contributed by atoms with Crippen LogP contribution in [0.1, 0.15) is 21.7 Å². The third-order valence-electron chi connectivity index (χ3n) is 3.47. The minimum atomic E-state index is -0.271. The van der Waals surface area contributed by atoms with Crippen LogP contribution >= 0.6 is 0 Å². The number of carbonyl (C=O) groups excluding carboxylic acids is 1. The molecular weight excluding hydrogens is 302 g/mol. The van der Waals surface area contributed by atoms with Gasteiger partial charge in [-0.1, -0.05) is 24.3 Å². The Morgan fingerprint density at radius 1 is 1.04 bits per heavy atom. The van der Waals surface area contributed by atoms with Crippen molar-refractivity contribution in [1.29, 1.82) is 0 Å². The van der Waals surface area contributed by atoms with Crippen LogP contribution < -0.4 is 10.6 Å². The molecule has 0 aliphatic heterocycles. The molecule has 2 heterocycles. The van der Waals surface area contributed by atoms with Gasteiger partial charge in [-0.2, -0.15) is 0 Å². The number of aromatic nitrogens is 3. The van der Waals surface area contributed by atoms with Gasteiger partial charge in [-0.25, -0.2) is 9.97 Å². The van der Waals surface area contributed by atoms with Gasteiger partial charge < -0.3 is 10.6 Å². The molecule has 0 fully saturated rings. The van der Waals surface area contributed by atoms with Gasteiger partial charge in [-0.15, -0.1) is 0 Å². The molecule has 1 amide bonds. The highest BCUT2D eigenvalue weighted by Crippen LogP contribution is 2.15. The van der Waals surface area contributed by atoms with Crippen LogP contribution in [-0.2, 0) is 6.54 Å². The maximum Gasteiger partial charge on any atom is 0.274 e. The van der Waals surface area contributed by atoms with Crippen molar-refractivity contribution in [3.05, 3.63) is 78.0 Å². The maximum atomic E-state index is 12.4. The molecule has 120 valence electrons. The first-order chi connectivity index (χ1) is 11.7. The van der Waals surface area contributed by atoms with E-state index in [0.717, 1.165) is 16.9 Å². The molecule has 0 saturated carbocycles. The Balaban J connectivity index is 1.68. The zero-order chi connectivity index (χ0) is 16.8. The molecule has 0 unspecified atom stereocenters. The minimum Gasteiger partial charge on any atom is -0.364 e. The Morgan fingerprint density at radius 3 is 2.67 bits per heavy atom. The second-order valence-corrected chi connectivity index (χ2v) is 5.23. The normalized spacial score (nSPS) is 10.2. The van der Waals surface area contributed by atoms with E-state index in [1.807, 2.05) is 49.4 Å². The van der Waals surface area contributed by atoms with Crippen LogP contribution in [0.3, 0.4) is 0 Å². The lowest BCUT2D eigenvalue weighted by atomic mass is 10.2. The van der Waals surface area contributed by atoms with E-state index in [1.54, 1.807) is 12.3 Å². The van der Waals surface area contributed by atoms with E-state index in [2.05, 4.69) is 25.6 Å². The Bertz CT molecular complexity index is 836. The lowest BCUT2D eigenvalue weighted by Gasteiger charge is -2.09. The van der Waals surface area contributed by atoms with Gasteiger partial charge in [0.25, 0.3) is 5.91 Å². The first kappa shape index (κ1) is 15.6. The first-order valence-corrected chi connectivity index (χ1v) is 7.55. The van der Waals surface area contributed by atoms with E-state index in [4.69, 9.17) is 0 Å². The molecule has 6 heteroatoms. The van der Waals surface area contributed by atoms with Gasteiger partial charge in [-0.05, 0) is 30.7 Å². The van der Waals surface area contributed by atoms with Gasteiger partial charge in [-0.3, -0.25) is 9.78 Å². The molecule has 0 atom stereocenters. The molecule has 0 bridgehead atoms. The van der Waals surface area contributed by atoms with Crippen molar-refractivity contribution in [2.45, 2.75) is 13.5 Å². The molecule has 2 N–H and O–H groups in total. The van der Waals surface area contributed by atoms with Crippen molar-refractivity contribution in [3.8, 4) is 0 Å². The molecule has 24 heavy (non-hydrogen) atoms. The van der Waals surface area contributed by atoms with Crippen LogP contribution in [0, 0.1) is 6.92 Å². The maximum absolute atomic E-state index is 12.4. The summed E-state index contributed by atoms with van der Waals surface area (Å²) in [5.74, 6) is 0.304. The number of nitrogens with zero attached hydrogens (tertiary/aromatic N) is 3. The molecule has 6 nitrogen and oxygen atoms in total. The standard InChI is InChI=1S/C18H17N5O/c1-13-6-2-3-8-15(13)23-18(24)16-10-17(22-12-21-16)20-11-14-7-4-5-9-19-14/h2-10,12H,11H2,1H3,(H,23,24)(H,20,21,22). The summed E-state index contributed by atoms with van der Waals surface area (Å²) in [5.41, 5.74) is 2.95. The van der Waals surface area contributed by atoms with E-state index < -0.39 is 0 Å². The number of amides is 1. The van der Waals surface area contributed by atoms with Crippen LogP contribution in [0.5, 0.6) is 0 Å². The second-order valence-electron chi connectivity index (χ2n) is 5.23. The average molecular weight is 319 g/mol. The summed E-state index contributed by atoms with van der Waals surface area (Å²) in [7, 11) is 0. The van der Waals surface area contributed by atoms with E-state index in [-0.39, 0.29) is 5.91 Å². The molecular formula is C18H17N5O. The highest BCUT2D eigenvalue weighted by atomic mass is 16.1. The number of pyridine rings is 1. The van der Waals surface area contributed by atoms with E-state index in [9.17, 15) is 4.79 Å². The predicted octanol–water partition coefficient (Wildman–Crippen LogP) is 3.04. The Labute approximate surface area is 140 Å². The molecule has 0 aliphatic rings. The Hall–Kier alpha value is -3.28. The van der Waals surface area contributed by atoms with Crippen LogP contribution in [0.2, 0.25) is 0 Å². The smallest absolute Gasteiger partial charge is 0.274 e. The number of rotatable bonds is 5. The molecule has 3 rings (SSSR count). The summed E-state index contributed by atoms with van der Waals surface area (Å²) in [5, 5.41) is 6.00. The lowest BCUT2D eigenvalue weighted by Crippen LogP contribution is -2.15. The zero-order valence-corrected chi connectivity index (χ0v) is 13.2. The van der Waals surface area contributed by atoms with E-state index in [1.165, 1.54) is 6.33 Å². The number of para-hydroxylation sites is 1. The topological polar surface area (TPSA) is 79.8 Å². The number of hydrogen-bond acceptors (Lipinski definition) is 5. The Kier molecular flexibility index (Phi) is 4.76. The fourth-order valence-electron chi connectivity index (χ4n) is 2.16. The monoisotopic (exact) mass is 319 g/mol. The van der Waals surface area contributed by atoms with Crippen molar-refractivity contribution < 1.29 is 4.79 Å². The summed E-state index contributed by atoms with van der Waals surface area (Å²) in [6, 6.07) is 14.9. The molecule has 2 aromatic heterocycles. The fraction of sp³-hybridized carbons (Fsp3) is 0.111. The van der Waals surface area contributed by atoms with Crippen LogP contribution in [0.15, 0.2) is 61.1 Å². The number of hydrogen-bond donors (Lipinski definition) is 2. The van der Waals surface area contributed by atoms with Crippen molar-refractivity contribution in [1.82, 2.24) is 15.0 Å². The number of nitrogens with one attached hydrogen (secondary N) is 2. The molecule has 3 aromatic rings. The zero-order valence-electron chi connectivity index (χ0n) is 13.2.